The van der Waals surface area contributed by atoms with Gasteiger partial charge in [0.25, 0.3) is 5.91 Å². The van der Waals surface area contributed by atoms with Gasteiger partial charge in [-0.05, 0) is 56.5 Å². The maximum Gasteiger partial charge on any atom is 0.252 e. The lowest BCUT2D eigenvalue weighted by Crippen LogP contribution is -2.42. The molecule has 2 heterocycles. The minimum absolute atomic E-state index is 0.155. The van der Waals surface area contributed by atoms with Crippen molar-refractivity contribution in [2.45, 2.75) is 38.1 Å². The molecule has 9 heteroatoms. The van der Waals surface area contributed by atoms with Crippen molar-refractivity contribution in [1.82, 2.24) is 8.87 Å². The summed E-state index contributed by atoms with van der Waals surface area (Å²) < 4.78 is 36.1. The fourth-order valence-electron chi connectivity index (χ4n) is 4.07. The average molecular weight is 488 g/mol. The van der Waals surface area contributed by atoms with E-state index in [1.165, 1.54) is 15.6 Å². The zero-order valence-corrected chi connectivity index (χ0v) is 20.6. The number of ether oxygens (including phenoxy) is 1. The number of nitrogens with zero attached hydrogens (tertiary/aromatic N) is 3. The van der Waals surface area contributed by atoms with Gasteiger partial charge in [-0.15, -0.1) is 0 Å². The van der Waals surface area contributed by atoms with E-state index in [1.807, 2.05) is 30.5 Å². The molecule has 7 nitrogen and oxygen atoms in total. The molecule has 33 heavy (non-hydrogen) atoms. The molecule has 1 atom stereocenters. The summed E-state index contributed by atoms with van der Waals surface area (Å²) >= 11 is 1.48. The quantitative estimate of drug-likeness (QED) is 0.477. The third kappa shape index (κ3) is 5.27. The second-order valence-electron chi connectivity index (χ2n) is 8.17. The van der Waals surface area contributed by atoms with Crippen LogP contribution in [-0.4, -0.2) is 49.5 Å². The fraction of sp³-hybridized carbons (Fsp3) is 0.417. The third-order valence-electron chi connectivity index (χ3n) is 5.82. The molecule has 0 spiro atoms. The Morgan fingerprint density at radius 3 is 2.76 bits per heavy atom. The van der Waals surface area contributed by atoms with Crippen LogP contribution in [0.2, 0.25) is 0 Å². The predicted octanol–water partition coefficient (Wildman–Crippen LogP) is 3.58. The SMILES string of the molecule is CCOCCn1c(=NC(=O)C2CCCN(S(=O)(=O)c3ccccc3)C2)sc2cc(C)ccc21. The second kappa shape index (κ2) is 10.3. The smallest absolute Gasteiger partial charge is 0.252 e. The number of hydrogen-bond acceptors (Lipinski definition) is 5. The van der Waals surface area contributed by atoms with Gasteiger partial charge in [0, 0.05) is 26.2 Å². The summed E-state index contributed by atoms with van der Waals surface area (Å²) in [5.74, 6) is -0.721. The van der Waals surface area contributed by atoms with Crippen LogP contribution in [0.4, 0.5) is 0 Å². The molecule has 3 aromatic rings. The molecule has 1 fully saturated rings. The number of thiazole rings is 1. The van der Waals surface area contributed by atoms with E-state index in [0.717, 1.165) is 15.8 Å². The van der Waals surface area contributed by atoms with Gasteiger partial charge in [0.1, 0.15) is 0 Å². The summed E-state index contributed by atoms with van der Waals surface area (Å²) in [4.78, 5) is 18.5. The minimum Gasteiger partial charge on any atom is -0.380 e. The number of carbonyl (C=O) groups is 1. The zero-order valence-electron chi connectivity index (χ0n) is 18.9. The lowest BCUT2D eigenvalue weighted by molar-refractivity contribution is -0.122. The molecule has 1 unspecified atom stereocenters. The van der Waals surface area contributed by atoms with Gasteiger partial charge in [0.2, 0.25) is 10.0 Å². The van der Waals surface area contributed by atoms with E-state index in [-0.39, 0.29) is 17.3 Å². The van der Waals surface area contributed by atoms with Crippen LogP contribution in [0.3, 0.4) is 0 Å². The Bertz CT molecular complexity index is 1300. The van der Waals surface area contributed by atoms with E-state index >= 15 is 0 Å². The first-order valence-corrected chi connectivity index (χ1v) is 13.5. The Morgan fingerprint density at radius 1 is 1.21 bits per heavy atom. The normalized spacial score (nSPS) is 18.1. The Hall–Kier alpha value is -2.33. The predicted molar refractivity (Wildman–Crippen MR) is 130 cm³/mol. The van der Waals surface area contributed by atoms with Crippen molar-refractivity contribution in [3.8, 4) is 0 Å². The third-order valence-corrected chi connectivity index (χ3v) is 8.74. The lowest BCUT2D eigenvalue weighted by atomic mass is 9.99. The summed E-state index contributed by atoms with van der Waals surface area (Å²) in [5, 5.41) is 0. The first-order chi connectivity index (χ1) is 15.9. The molecule has 176 valence electrons. The molecule has 1 saturated heterocycles. The number of rotatable bonds is 7. The Morgan fingerprint density at radius 2 is 2.00 bits per heavy atom. The van der Waals surface area contributed by atoms with Crippen LogP contribution < -0.4 is 4.80 Å². The Balaban J connectivity index is 1.61. The molecule has 4 rings (SSSR count). The highest BCUT2D eigenvalue weighted by molar-refractivity contribution is 7.89. The van der Waals surface area contributed by atoms with Gasteiger partial charge in [0.15, 0.2) is 4.80 Å². The van der Waals surface area contributed by atoms with E-state index < -0.39 is 15.9 Å². The number of benzene rings is 2. The fourth-order valence-corrected chi connectivity index (χ4v) is 6.78. The molecule has 0 saturated carbocycles. The molecule has 1 aliphatic rings. The van der Waals surface area contributed by atoms with Gasteiger partial charge in [0.05, 0.1) is 27.6 Å². The number of aryl methyl sites for hydroxylation is 1. The van der Waals surface area contributed by atoms with Gasteiger partial charge in [-0.1, -0.05) is 35.6 Å². The highest BCUT2D eigenvalue weighted by Crippen LogP contribution is 2.25. The number of fused-ring (bicyclic) bond motifs is 1. The van der Waals surface area contributed by atoms with Crippen LogP contribution in [0.1, 0.15) is 25.3 Å². The molecule has 1 aromatic heterocycles. The van der Waals surface area contributed by atoms with E-state index in [2.05, 4.69) is 11.1 Å². The van der Waals surface area contributed by atoms with E-state index in [0.29, 0.717) is 43.9 Å². The highest BCUT2D eigenvalue weighted by Gasteiger charge is 2.33. The number of hydrogen-bond donors (Lipinski definition) is 0. The molecule has 1 aliphatic heterocycles. The first-order valence-electron chi connectivity index (χ1n) is 11.2. The summed E-state index contributed by atoms with van der Waals surface area (Å²) in [5.41, 5.74) is 2.17. The minimum atomic E-state index is -3.63. The molecular weight excluding hydrogens is 458 g/mol. The van der Waals surface area contributed by atoms with Gasteiger partial charge >= 0.3 is 0 Å². The molecular formula is C24H29N3O4S2. The van der Waals surface area contributed by atoms with Crippen molar-refractivity contribution < 1.29 is 17.9 Å². The Labute approximate surface area is 198 Å². The summed E-state index contributed by atoms with van der Waals surface area (Å²) in [6, 6.07) is 14.6. The monoisotopic (exact) mass is 487 g/mol. The molecule has 0 bridgehead atoms. The van der Waals surface area contributed by atoms with Gasteiger partial charge < -0.3 is 9.30 Å². The lowest BCUT2D eigenvalue weighted by Gasteiger charge is -2.30. The first kappa shape index (κ1) is 23.8. The topological polar surface area (TPSA) is 81.0 Å². The van der Waals surface area contributed by atoms with Crippen LogP contribution >= 0.6 is 11.3 Å². The van der Waals surface area contributed by atoms with Crippen LogP contribution in [0, 0.1) is 12.8 Å². The van der Waals surface area contributed by atoms with E-state index in [4.69, 9.17) is 4.74 Å². The number of amides is 1. The van der Waals surface area contributed by atoms with Crippen LogP contribution in [0.15, 0.2) is 58.4 Å². The Kier molecular flexibility index (Phi) is 7.43. The summed E-state index contributed by atoms with van der Waals surface area (Å²) in [6.45, 7) is 6.32. The second-order valence-corrected chi connectivity index (χ2v) is 11.1. The van der Waals surface area contributed by atoms with Gasteiger partial charge in [-0.2, -0.15) is 9.30 Å². The van der Waals surface area contributed by atoms with E-state index in [1.54, 1.807) is 30.3 Å². The number of aromatic nitrogens is 1. The van der Waals surface area contributed by atoms with Crippen LogP contribution in [-0.2, 0) is 26.1 Å². The van der Waals surface area contributed by atoms with Crippen molar-refractivity contribution in [3.05, 3.63) is 58.9 Å². The highest BCUT2D eigenvalue weighted by atomic mass is 32.2. The van der Waals surface area contributed by atoms with Crippen molar-refractivity contribution in [2.24, 2.45) is 10.9 Å². The van der Waals surface area contributed by atoms with Gasteiger partial charge in [-0.25, -0.2) is 8.42 Å². The van der Waals surface area contributed by atoms with Crippen molar-refractivity contribution in [2.75, 3.05) is 26.3 Å². The summed E-state index contributed by atoms with van der Waals surface area (Å²) in [7, 11) is -3.63. The van der Waals surface area contributed by atoms with Crippen LogP contribution in [0.5, 0.6) is 0 Å². The van der Waals surface area contributed by atoms with Gasteiger partial charge in [-0.3, -0.25) is 4.79 Å². The van der Waals surface area contributed by atoms with Crippen molar-refractivity contribution in [1.29, 1.82) is 0 Å². The molecule has 0 N–H and O–H groups in total. The average Bonchev–Trinajstić information content (AvgIpc) is 3.15. The maximum absolute atomic E-state index is 13.2. The number of carbonyl (C=O) groups excluding carboxylic acids is 1. The van der Waals surface area contributed by atoms with Crippen LogP contribution in [0.25, 0.3) is 10.2 Å². The standard InChI is InChI=1S/C24H29N3O4S2/c1-3-31-15-14-27-21-12-11-18(2)16-22(21)32-24(27)25-23(28)19-8-7-13-26(17-19)33(29,30)20-9-5-4-6-10-20/h4-6,9-12,16,19H,3,7-8,13-15,17H2,1-2H3. The largest absolute Gasteiger partial charge is 0.380 e. The summed E-state index contributed by atoms with van der Waals surface area (Å²) in [6.07, 6.45) is 1.26. The molecule has 0 radical (unpaired) electrons. The zero-order chi connectivity index (χ0) is 23.4. The van der Waals surface area contributed by atoms with Crippen molar-refractivity contribution >= 4 is 37.5 Å². The molecule has 0 aliphatic carbocycles. The maximum atomic E-state index is 13.2. The molecule has 1 amide bonds. The van der Waals surface area contributed by atoms with E-state index in [9.17, 15) is 13.2 Å². The number of piperidine rings is 1. The molecule has 2 aromatic carbocycles. The van der Waals surface area contributed by atoms with Crippen molar-refractivity contribution in [3.63, 3.8) is 0 Å². The number of sulfonamides is 1.